The normalized spacial score (nSPS) is 12.0. The van der Waals surface area contributed by atoms with Crippen LogP contribution < -0.4 is 5.32 Å². The van der Waals surface area contributed by atoms with Crippen LogP contribution in [0.15, 0.2) is 51.4 Å². The minimum absolute atomic E-state index is 0.0511. The zero-order chi connectivity index (χ0) is 14.7. The number of nitrogens with one attached hydrogen (secondary N) is 1. The van der Waals surface area contributed by atoms with Gasteiger partial charge in [-0.15, -0.1) is 0 Å². The van der Waals surface area contributed by atoms with Crippen molar-refractivity contribution in [2.45, 2.75) is 13.0 Å². The maximum absolute atomic E-state index is 12.3. The van der Waals surface area contributed by atoms with Crippen LogP contribution in [0.25, 0.3) is 0 Å². The highest BCUT2D eigenvalue weighted by Crippen LogP contribution is 2.22. The summed E-state index contributed by atoms with van der Waals surface area (Å²) < 4.78 is 2.84. The van der Waals surface area contributed by atoms with Crippen LogP contribution in [0.5, 0.6) is 0 Å². The number of hydrogen-bond donors (Lipinski definition) is 1. The average molecular weight is 509 g/mol. The quantitative estimate of drug-likeness (QED) is 0.560. The highest BCUT2D eigenvalue weighted by atomic mass is 127. The molecule has 2 aromatic carbocycles. The van der Waals surface area contributed by atoms with Gasteiger partial charge in [-0.3, -0.25) is 4.79 Å². The van der Waals surface area contributed by atoms with Crippen molar-refractivity contribution in [3.05, 3.63) is 66.1 Å². The van der Waals surface area contributed by atoms with Crippen LogP contribution in [0.2, 0.25) is 0 Å². The lowest BCUT2D eigenvalue weighted by Crippen LogP contribution is -2.27. The first-order valence-electron chi connectivity index (χ1n) is 5.99. The molecule has 1 unspecified atom stereocenters. The monoisotopic (exact) mass is 507 g/mol. The molecule has 0 aromatic heterocycles. The molecule has 0 aliphatic heterocycles. The van der Waals surface area contributed by atoms with Gasteiger partial charge in [-0.2, -0.15) is 0 Å². The summed E-state index contributed by atoms with van der Waals surface area (Å²) in [5.74, 6) is -0.0807. The summed E-state index contributed by atoms with van der Waals surface area (Å²) in [7, 11) is 0. The predicted molar refractivity (Wildman–Crippen MR) is 96.9 cm³/mol. The van der Waals surface area contributed by atoms with E-state index in [2.05, 4.69) is 59.8 Å². The molecule has 0 saturated heterocycles. The van der Waals surface area contributed by atoms with E-state index in [-0.39, 0.29) is 11.9 Å². The van der Waals surface area contributed by atoms with Crippen LogP contribution in [0, 0.1) is 3.57 Å². The van der Waals surface area contributed by atoms with Crippen molar-refractivity contribution in [1.82, 2.24) is 5.32 Å². The number of benzene rings is 2. The van der Waals surface area contributed by atoms with Crippen LogP contribution in [-0.4, -0.2) is 5.91 Å². The highest BCUT2D eigenvalue weighted by Gasteiger charge is 2.14. The fourth-order valence-corrected chi connectivity index (χ4v) is 3.14. The van der Waals surface area contributed by atoms with E-state index in [0.29, 0.717) is 5.56 Å². The first-order chi connectivity index (χ1) is 9.47. The molecule has 0 fully saturated rings. The summed E-state index contributed by atoms with van der Waals surface area (Å²) in [6.45, 7) is 1.97. The molecule has 2 rings (SSSR count). The van der Waals surface area contributed by atoms with Crippen LogP contribution in [-0.2, 0) is 0 Å². The van der Waals surface area contributed by atoms with Crippen molar-refractivity contribution in [1.29, 1.82) is 0 Å². The third kappa shape index (κ3) is 4.05. The van der Waals surface area contributed by atoms with E-state index in [0.717, 1.165) is 18.1 Å². The number of amides is 1. The average Bonchev–Trinajstić information content (AvgIpc) is 2.41. The van der Waals surface area contributed by atoms with Crippen LogP contribution in [0.1, 0.15) is 28.9 Å². The lowest BCUT2D eigenvalue weighted by Gasteiger charge is -2.15. The number of hydrogen-bond acceptors (Lipinski definition) is 1. The van der Waals surface area contributed by atoms with Gasteiger partial charge in [0.25, 0.3) is 5.91 Å². The van der Waals surface area contributed by atoms with Crippen LogP contribution in [0.3, 0.4) is 0 Å². The molecule has 20 heavy (non-hydrogen) atoms. The van der Waals surface area contributed by atoms with Crippen molar-refractivity contribution in [2.24, 2.45) is 0 Å². The lowest BCUT2D eigenvalue weighted by molar-refractivity contribution is 0.0939. The first kappa shape index (κ1) is 16.0. The summed E-state index contributed by atoms with van der Waals surface area (Å²) in [6, 6.07) is 13.6. The summed E-state index contributed by atoms with van der Waals surface area (Å²) in [5.41, 5.74) is 1.72. The third-order valence-corrected chi connectivity index (χ3v) is 4.73. The maximum atomic E-state index is 12.3. The number of halogens is 3. The molecule has 0 radical (unpaired) electrons. The van der Waals surface area contributed by atoms with Gasteiger partial charge < -0.3 is 5.32 Å². The Morgan fingerprint density at radius 1 is 1.20 bits per heavy atom. The number of rotatable bonds is 3. The third-order valence-electron chi connectivity index (χ3n) is 2.87. The van der Waals surface area contributed by atoms with E-state index in [1.807, 2.05) is 49.4 Å². The Morgan fingerprint density at radius 3 is 2.65 bits per heavy atom. The zero-order valence-electron chi connectivity index (χ0n) is 10.7. The summed E-state index contributed by atoms with van der Waals surface area (Å²) in [6.07, 6.45) is 0. The molecule has 1 atom stereocenters. The molecule has 1 N–H and O–H groups in total. The molecule has 0 bridgehead atoms. The molecule has 2 aromatic rings. The molecule has 1 amide bonds. The van der Waals surface area contributed by atoms with Gasteiger partial charge in [0, 0.05) is 12.5 Å². The van der Waals surface area contributed by atoms with E-state index in [9.17, 15) is 4.79 Å². The maximum Gasteiger partial charge on any atom is 0.252 e. The number of carbonyl (C=O) groups excluding carboxylic acids is 1. The van der Waals surface area contributed by atoms with Crippen molar-refractivity contribution in [2.75, 3.05) is 0 Å². The van der Waals surface area contributed by atoms with Gasteiger partial charge in [0.05, 0.1) is 11.6 Å². The molecule has 0 heterocycles. The topological polar surface area (TPSA) is 29.1 Å². The Labute approximate surface area is 148 Å². The second kappa shape index (κ2) is 7.04. The molecular weight excluding hydrogens is 497 g/mol. The molecule has 0 spiro atoms. The van der Waals surface area contributed by atoms with Gasteiger partial charge in [0.2, 0.25) is 0 Å². The Bertz CT molecular complexity index is 646. The van der Waals surface area contributed by atoms with E-state index in [1.165, 1.54) is 0 Å². The number of carbonyl (C=O) groups is 1. The van der Waals surface area contributed by atoms with E-state index in [4.69, 9.17) is 0 Å². The second-order valence-electron chi connectivity index (χ2n) is 4.37. The molecule has 2 nitrogen and oxygen atoms in total. The Morgan fingerprint density at radius 2 is 1.95 bits per heavy atom. The van der Waals surface area contributed by atoms with Gasteiger partial charge in [0.15, 0.2) is 0 Å². The molecule has 0 aliphatic rings. The van der Waals surface area contributed by atoms with E-state index < -0.39 is 0 Å². The molecule has 5 heteroatoms. The lowest BCUT2D eigenvalue weighted by atomic mass is 10.1. The predicted octanol–water partition coefficient (Wildman–Crippen LogP) is 5.31. The van der Waals surface area contributed by atoms with Crippen LogP contribution in [0.4, 0.5) is 0 Å². The molecule has 104 valence electrons. The Hall–Kier alpha value is -0.400. The minimum Gasteiger partial charge on any atom is -0.345 e. The van der Waals surface area contributed by atoms with Crippen molar-refractivity contribution < 1.29 is 4.79 Å². The van der Waals surface area contributed by atoms with Gasteiger partial charge in [-0.1, -0.05) is 28.1 Å². The van der Waals surface area contributed by atoms with Gasteiger partial charge >= 0.3 is 0 Å². The second-order valence-corrected chi connectivity index (χ2v) is 7.39. The van der Waals surface area contributed by atoms with E-state index >= 15 is 0 Å². The molecule has 0 saturated carbocycles. The smallest absolute Gasteiger partial charge is 0.252 e. The zero-order valence-corrected chi connectivity index (χ0v) is 16.0. The summed E-state index contributed by atoms with van der Waals surface area (Å²) in [4.78, 5) is 12.3. The summed E-state index contributed by atoms with van der Waals surface area (Å²) in [5, 5.41) is 3.01. The fourth-order valence-electron chi connectivity index (χ4n) is 1.81. The van der Waals surface area contributed by atoms with Crippen molar-refractivity contribution >= 4 is 60.4 Å². The van der Waals surface area contributed by atoms with Gasteiger partial charge in [-0.05, 0) is 81.3 Å². The molecule has 0 aliphatic carbocycles. The Balaban J connectivity index is 2.17. The minimum atomic E-state index is -0.0807. The SMILES string of the molecule is CC(NC(=O)c1cc(I)ccc1Br)c1cccc(Br)c1. The standard InChI is InChI=1S/C15H12Br2INO/c1-9(10-3-2-4-11(16)7-10)19-15(20)13-8-12(18)5-6-14(13)17/h2-9H,1H3,(H,19,20). The largest absolute Gasteiger partial charge is 0.345 e. The Kier molecular flexibility index (Phi) is 5.63. The van der Waals surface area contributed by atoms with E-state index in [1.54, 1.807) is 0 Å². The fraction of sp³-hybridized carbons (Fsp3) is 0.133. The van der Waals surface area contributed by atoms with Gasteiger partial charge in [0.1, 0.15) is 0 Å². The highest BCUT2D eigenvalue weighted by molar-refractivity contribution is 14.1. The van der Waals surface area contributed by atoms with Crippen molar-refractivity contribution in [3.8, 4) is 0 Å². The molecular formula is C15H12Br2INO. The van der Waals surface area contributed by atoms with Gasteiger partial charge in [-0.25, -0.2) is 0 Å². The first-order valence-corrected chi connectivity index (χ1v) is 8.65. The van der Waals surface area contributed by atoms with Crippen LogP contribution >= 0.6 is 54.5 Å². The summed E-state index contributed by atoms with van der Waals surface area (Å²) >= 11 is 9.06. The van der Waals surface area contributed by atoms with Crippen molar-refractivity contribution in [3.63, 3.8) is 0 Å².